The fourth-order valence-electron chi connectivity index (χ4n) is 1.19. The highest BCUT2D eigenvalue weighted by molar-refractivity contribution is 5.62. The van der Waals surface area contributed by atoms with E-state index in [0.29, 0.717) is 11.3 Å². The molecule has 0 atom stereocenters. The molecule has 0 fully saturated rings. The van der Waals surface area contributed by atoms with Crippen molar-refractivity contribution < 1.29 is 0 Å². The zero-order chi connectivity index (χ0) is 11.4. The maximum Gasteiger partial charge on any atom is 0.271 e. The lowest BCUT2D eigenvalue weighted by molar-refractivity contribution is 0.953. The first-order valence-corrected chi connectivity index (χ1v) is 4.48. The zero-order valence-corrected chi connectivity index (χ0v) is 8.14. The van der Waals surface area contributed by atoms with E-state index in [9.17, 15) is 4.79 Å². The molecule has 0 aliphatic rings. The molecule has 0 saturated heterocycles. The largest absolute Gasteiger partial charge is 0.323 e. The number of anilines is 2. The molecule has 0 amide bonds. The van der Waals surface area contributed by atoms with Crippen molar-refractivity contribution in [1.29, 1.82) is 5.26 Å². The first kappa shape index (κ1) is 9.86. The number of aromatic nitrogens is 3. The van der Waals surface area contributed by atoms with E-state index in [0.717, 1.165) is 6.20 Å². The van der Waals surface area contributed by atoms with Gasteiger partial charge in [-0.3, -0.25) is 9.78 Å². The van der Waals surface area contributed by atoms with E-state index < -0.39 is 0 Å². The van der Waals surface area contributed by atoms with Gasteiger partial charge >= 0.3 is 0 Å². The Morgan fingerprint density at radius 1 is 1.38 bits per heavy atom. The van der Waals surface area contributed by atoms with Gasteiger partial charge in [0.05, 0.1) is 11.3 Å². The fourth-order valence-corrected chi connectivity index (χ4v) is 1.19. The molecule has 78 valence electrons. The van der Waals surface area contributed by atoms with Crippen LogP contribution in [0, 0.1) is 11.3 Å². The summed E-state index contributed by atoms with van der Waals surface area (Å²) in [7, 11) is 0. The second kappa shape index (κ2) is 4.23. The molecule has 6 nitrogen and oxygen atoms in total. The molecule has 0 spiro atoms. The van der Waals surface area contributed by atoms with Crippen molar-refractivity contribution in [3.8, 4) is 6.07 Å². The summed E-state index contributed by atoms with van der Waals surface area (Å²) in [6.07, 6.45) is 1.07. The van der Waals surface area contributed by atoms with Gasteiger partial charge in [0.15, 0.2) is 0 Å². The predicted molar refractivity (Wildman–Crippen MR) is 57.1 cm³/mol. The molecular weight excluding hydrogens is 206 g/mol. The molecule has 2 aromatic rings. The van der Waals surface area contributed by atoms with E-state index in [-0.39, 0.29) is 11.5 Å². The van der Waals surface area contributed by atoms with Gasteiger partial charge < -0.3 is 5.32 Å². The molecule has 2 N–H and O–H groups in total. The molecule has 1 aromatic carbocycles. The summed E-state index contributed by atoms with van der Waals surface area (Å²) in [6.45, 7) is 0. The minimum absolute atomic E-state index is 0.204. The van der Waals surface area contributed by atoms with Gasteiger partial charge in [-0.05, 0) is 12.1 Å². The molecule has 0 radical (unpaired) electrons. The van der Waals surface area contributed by atoms with E-state index in [1.54, 1.807) is 24.3 Å². The third kappa shape index (κ3) is 2.04. The summed E-state index contributed by atoms with van der Waals surface area (Å²) in [6, 6.07) is 8.93. The van der Waals surface area contributed by atoms with E-state index >= 15 is 0 Å². The summed E-state index contributed by atoms with van der Waals surface area (Å²) >= 11 is 0. The Kier molecular flexibility index (Phi) is 2.61. The Bertz CT molecular complexity index is 598. The smallest absolute Gasteiger partial charge is 0.271 e. The molecule has 16 heavy (non-hydrogen) atoms. The average Bonchev–Trinajstić information content (AvgIpc) is 2.30. The zero-order valence-electron chi connectivity index (χ0n) is 8.14. The van der Waals surface area contributed by atoms with Gasteiger partial charge in [0.2, 0.25) is 5.95 Å². The van der Waals surface area contributed by atoms with Gasteiger partial charge in [-0.1, -0.05) is 12.1 Å². The summed E-state index contributed by atoms with van der Waals surface area (Å²) in [4.78, 5) is 13.4. The van der Waals surface area contributed by atoms with Crippen molar-refractivity contribution >= 4 is 11.6 Å². The van der Waals surface area contributed by atoms with Crippen LogP contribution in [-0.2, 0) is 0 Å². The van der Waals surface area contributed by atoms with Crippen LogP contribution in [0.5, 0.6) is 0 Å². The van der Waals surface area contributed by atoms with Crippen molar-refractivity contribution in [2.24, 2.45) is 0 Å². The van der Waals surface area contributed by atoms with E-state index in [1.165, 1.54) is 0 Å². The fraction of sp³-hybridized carbons (Fsp3) is 0. The van der Waals surface area contributed by atoms with Crippen molar-refractivity contribution in [2.75, 3.05) is 5.32 Å². The van der Waals surface area contributed by atoms with Crippen molar-refractivity contribution in [3.05, 3.63) is 46.4 Å². The quantitative estimate of drug-likeness (QED) is 0.768. The lowest BCUT2D eigenvalue weighted by Crippen LogP contribution is -2.10. The predicted octanol–water partition coefficient (Wildman–Crippen LogP) is 0.780. The molecule has 1 aromatic heterocycles. The van der Waals surface area contributed by atoms with Gasteiger partial charge in [0, 0.05) is 0 Å². The molecule has 6 heteroatoms. The molecule has 0 aliphatic carbocycles. The monoisotopic (exact) mass is 213 g/mol. The number of benzene rings is 1. The number of nitrogens with one attached hydrogen (secondary N) is 2. The Morgan fingerprint density at radius 2 is 2.19 bits per heavy atom. The van der Waals surface area contributed by atoms with Crippen LogP contribution in [0.2, 0.25) is 0 Å². The lowest BCUT2D eigenvalue weighted by atomic mass is 10.2. The maximum atomic E-state index is 11.0. The number of para-hydroxylation sites is 1. The van der Waals surface area contributed by atoms with Crippen LogP contribution in [0.3, 0.4) is 0 Å². The maximum absolute atomic E-state index is 11.0. The van der Waals surface area contributed by atoms with Gasteiger partial charge in [-0.25, -0.2) is 0 Å². The molecule has 0 bridgehead atoms. The number of aromatic amines is 1. The molecule has 2 rings (SSSR count). The highest BCUT2D eigenvalue weighted by atomic mass is 16.1. The first-order chi connectivity index (χ1) is 7.79. The van der Waals surface area contributed by atoms with Gasteiger partial charge in [0.25, 0.3) is 5.56 Å². The number of nitriles is 1. The van der Waals surface area contributed by atoms with Crippen molar-refractivity contribution in [1.82, 2.24) is 15.2 Å². The van der Waals surface area contributed by atoms with Crippen LogP contribution in [-0.4, -0.2) is 15.2 Å². The molecular formula is C10H7N5O. The van der Waals surface area contributed by atoms with Crippen LogP contribution in [0.25, 0.3) is 0 Å². The van der Waals surface area contributed by atoms with Gasteiger partial charge in [-0.15, -0.1) is 10.2 Å². The van der Waals surface area contributed by atoms with E-state index in [2.05, 4.69) is 20.5 Å². The Labute approximate surface area is 90.6 Å². The Morgan fingerprint density at radius 3 is 2.94 bits per heavy atom. The normalized spacial score (nSPS) is 9.44. The highest BCUT2D eigenvalue weighted by Gasteiger charge is 2.02. The number of hydrogen-bond acceptors (Lipinski definition) is 5. The van der Waals surface area contributed by atoms with Crippen LogP contribution in [0.4, 0.5) is 11.6 Å². The van der Waals surface area contributed by atoms with E-state index in [1.807, 2.05) is 6.07 Å². The topological polar surface area (TPSA) is 94.5 Å². The number of nitrogens with zero attached hydrogens (tertiary/aromatic N) is 3. The van der Waals surface area contributed by atoms with Gasteiger partial charge in [0.1, 0.15) is 12.3 Å². The van der Waals surface area contributed by atoms with Crippen molar-refractivity contribution in [2.45, 2.75) is 0 Å². The van der Waals surface area contributed by atoms with Crippen LogP contribution >= 0.6 is 0 Å². The third-order valence-electron chi connectivity index (χ3n) is 1.87. The molecule has 0 aliphatic heterocycles. The summed E-state index contributed by atoms with van der Waals surface area (Å²) in [5, 5.41) is 18.8. The summed E-state index contributed by atoms with van der Waals surface area (Å²) in [5.74, 6) is 0.204. The molecule has 1 heterocycles. The first-order valence-electron chi connectivity index (χ1n) is 4.48. The standard InChI is InChI=1S/C10H7N5O/c11-5-7-3-1-2-4-8(7)13-10-14-9(16)6-12-15-10/h1-4,6H,(H2,13,14,15,16). The number of H-pyrrole nitrogens is 1. The highest BCUT2D eigenvalue weighted by Crippen LogP contribution is 2.16. The lowest BCUT2D eigenvalue weighted by Gasteiger charge is -2.04. The second-order valence-corrected chi connectivity index (χ2v) is 2.96. The van der Waals surface area contributed by atoms with Crippen LogP contribution < -0.4 is 10.9 Å². The second-order valence-electron chi connectivity index (χ2n) is 2.96. The summed E-state index contributed by atoms with van der Waals surface area (Å²) < 4.78 is 0. The van der Waals surface area contributed by atoms with E-state index in [4.69, 9.17) is 5.26 Å². The van der Waals surface area contributed by atoms with Crippen LogP contribution in [0.15, 0.2) is 35.3 Å². The Balaban J connectivity index is 2.35. The molecule has 0 unspecified atom stereocenters. The minimum atomic E-state index is -0.355. The number of rotatable bonds is 2. The Hall–Kier alpha value is -2.68. The number of hydrogen-bond donors (Lipinski definition) is 2. The van der Waals surface area contributed by atoms with Gasteiger partial charge in [-0.2, -0.15) is 5.26 Å². The summed E-state index contributed by atoms with van der Waals surface area (Å²) in [5.41, 5.74) is 0.682. The average molecular weight is 213 g/mol. The van der Waals surface area contributed by atoms with Crippen LogP contribution in [0.1, 0.15) is 5.56 Å². The minimum Gasteiger partial charge on any atom is -0.323 e. The SMILES string of the molecule is N#Cc1ccccc1Nc1nncc(=O)[nH]1. The van der Waals surface area contributed by atoms with Crippen molar-refractivity contribution in [3.63, 3.8) is 0 Å². The third-order valence-corrected chi connectivity index (χ3v) is 1.87. The molecule has 0 saturated carbocycles.